The van der Waals surface area contributed by atoms with E-state index in [0.29, 0.717) is 5.92 Å². The minimum Gasteiger partial charge on any atom is -0.381 e. The van der Waals surface area contributed by atoms with Gasteiger partial charge in [-0.15, -0.1) is 0 Å². The minimum atomic E-state index is 0.690. The van der Waals surface area contributed by atoms with E-state index in [4.69, 9.17) is 4.74 Å². The standard InChI is InChI=1S/C9H21NO/c1-4-9(7-10-5-2)8-11-6-3/h9-10H,4-8H2,1-3H3. The van der Waals surface area contributed by atoms with Gasteiger partial charge in [0.05, 0.1) is 6.61 Å². The van der Waals surface area contributed by atoms with Crippen LogP contribution in [-0.2, 0) is 4.74 Å². The van der Waals surface area contributed by atoms with E-state index in [2.05, 4.69) is 19.2 Å². The number of nitrogens with one attached hydrogen (secondary N) is 1. The zero-order chi connectivity index (χ0) is 8.53. The second-order valence-corrected chi connectivity index (χ2v) is 2.74. The number of ether oxygens (including phenoxy) is 1. The van der Waals surface area contributed by atoms with Crippen molar-refractivity contribution in [3.63, 3.8) is 0 Å². The van der Waals surface area contributed by atoms with Gasteiger partial charge in [0.2, 0.25) is 0 Å². The van der Waals surface area contributed by atoms with Crippen molar-refractivity contribution >= 4 is 0 Å². The summed E-state index contributed by atoms with van der Waals surface area (Å²) in [5, 5.41) is 3.33. The van der Waals surface area contributed by atoms with Crippen LogP contribution in [0.1, 0.15) is 27.2 Å². The third kappa shape index (κ3) is 6.32. The Morgan fingerprint density at radius 3 is 2.45 bits per heavy atom. The average Bonchev–Trinajstić information content (AvgIpc) is 2.05. The van der Waals surface area contributed by atoms with Crippen molar-refractivity contribution in [2.45, 2.75) is 27.2 Å². The molecular weight excluding hydrogens is 138 g/mol. The lowest BCUT2D eigenvalue weighted by Gasteiger charge is -2.14. The van der Waals surface area contributed by atoms with Crippen LogP contribution < -0.4 is 5.32 Å². The van der Waals surface area contributed by atoms with Crippen molar-refractivity contribution in [1.29, 1.82) is 0 Å². The lowest BCUT2D eigenvalue weighted by Crippen LogP contribution is -2.25. The summed E-state index contributed by atoms with van der Waals surface area (Å²) in [7, 11) is 0. The van der Waals surface area contributed by atoms with Gasteiger partial charge in [-0.1, -0.05) is 13.8 Å². The van der Waals surface area contributed by atoms with Crippen molar-refractivity contribution in [2.24, 2.45) is 5.92 Å². The summed E-state index contributed by atoms with van der Waals surface area (Å²) in [6.45, 7) is 10.3. The van der Waals surface area contributed by atoms with Gasteiger partial charge >= 0.3 is 0 Å². The zero-order valence-electron chi connectivity index (χ0n) is 8.02. The smallest absolute Gasteiger partial charge is 0.0506 e. The largest absolute Gasteiger partial charge is 0.381 e. The van der Waals surface area contributed by atoms with Gasteiger partial charge in [0.25, 0.3) is 0 Å². The SMILES string of the molecule is CCNCC(CC)COCC. The molecule has 0 aliphatic heterocycles. The van der Waals surface area contributed by atoms with E-state index < -0.39 is 0 Å². The molecule has 0 aromatic rings. The van der Waals surface area contributed by atoms with E-state index in [1.807, 2.05) is 6.92 Å². The molecule has 0 heterocycles. The summed E-state index contributed by atoms with van der Waals surface area (Å²) < 4.78 is 5.34. The molecular formula is C9H21NO. The molecule has 1 unspecified atom stereocenters. The molecule has 0 amide bonds. The predicted molar refractivity (Wildman–Crippen MR) is 48.8 cm³/mol. The number of rotatable bonds is 7. The van der Waals surface area contributed by atoms with Crippen LogP contribution in [0.15, 0.2) is 0 Å². The van der Waals surface area contributed by atoms with Crippen LogP contribution in [0.5, 0.6) is 0 Å². The normalized spacial score (nSPS) is 13.4. The Kier molecular flexibility index (Phi) is 7.96. The van der Waals surface area contributed by atoms with Crippen LogP contribution in [0, 0.1) is 5.92 Å². The highest BCUT2D eigenvalue weighted by Gasteiger charge is 2.03. The molecule has 68 valence electrons. The van der Waals surface area contributed by atoms with Crippen molar-refractivity contribution < 1.29 is 4.74 Å². The molecule has 0 rings (SSSR count). The van der Waals surface area contributed by atoms with Gasteiger partial charge < -0.3 is 10.1 Å². The summed E-state index contributed by atoms with van der Waals surface area (Å²) in [4.78, 5) is 0. The topological polar surface area (TPSA) is 21.3 Å². The van der Waals surface area contributed by atoms with Crippen LogP contribution in [-0.4, -0.2) is 26.3 Å². The maximum Gasteiger partial charge on any atom is 0.0506 e. The molecule has 11 heavy (non-hydrogen) atoms. The van der Waals surface area contributed by atoms with Gasteiger partial charge in [-0.25, -0.2) is 0 Å². The lowest BCUT2D eigenvalue weighted by atomic mass is 10.1. The first-order valence-electron chi connectivity index (χ1n) is 4.63. The third-order valence-corrected chi connectivity index (χ3v) is 1.82. The predicted octanol–water partition coefficient (Wildman–Crippen LogP) is 1.66. The fourth-order valence-corrected chi connectivity index (χ4v) is 0.954. The van der Waals surface area contributed by atoms with Gasteiger partial charge in [-0.05, 0) is 25.8 Å². The highest BCUT2D eigenvalue weighted by Crippen LogP contribution is 2.00. The third-order valence-electron chi connectivity index (χ3n) is 1.82. The minimum absolute atomic E-state index is 0.690. The molecule has 0 aliphatic rings. The second-order valence-electron chi connectivity index (χ2n) is 2.74. The summed E-state index contributed by atoms with van der Waals surface area (Å²) in [5.41, 5.74) is 0. The van der Waals surface area contributed by atoms with E-state index >= 15 is 0 Å². The van der Waals surface area contributed by atoms with Crippen LogP contribution in [0.2, 0.25) is 0 Å². The Morgan fingerprint density at radius 2 is 2.00 bits per heavy atom. The van der Waals surface area contributed by atoms with Crippen molar-refractivity contribution in [3.05, 3.63) is 0 Å². The highest BCUT2D eigenvalue weighted by molar-refractivity contribution is 4.58. The first-order chi connectivity index (χ1) is 5.35. The Hall–Kier alpha value is -0.0800. The van der Waals surface area contributed by atoms with Crippen molar-refractivity contribution in [3.8, 4) is 0 Å². The molecule has 0 saturated heterocycles. The summed E-state index contributed by atoms with van der Waals surface area (Å²) in [6, 6.07) is 0. The first kappa shape index (κ1) is 10.9. The molecule has 2 heteroatoms. The monoisotopic (exact) mass is 159 g/mol. The van der Waals surface area contributed by atoms with Gasteiger partial charge in [0.15, 0.2) is 0 Å². The molecule has 0 saturated carbocycles. The highest BCUT2D eigenvalue weighted by atomic mass is 16.5. The van der Waals surface area contributed by atoms with E-state index in [1.165, 1.54) is 6.42 Å². The maximum absolute atomic E-state index is 5.34. The van der Waals surface area contributed by atoms with E-state index in [1.54, 1.807) is 0 Å². The molecule has 0 fully saturated rings. The van der Waals surface area contributed by atoms with Crippen molar-refractivity contribution in [1.82, 2.24) is 5.32 Å². The van der Waals surface area contributed by atoms with Gasteiger partial charge in [0.1, 0.15) is 0 Å². The molecule has 0 bridgehead atoms. The van der Waals surface area contributed by atoms with Gasteiger partial charge in [-0.3, -0.25) is 0 Å². The summed E-state index contributed by atoms with van der Waals surface area (Å²) >= 11 is 0. The van der Waals surface area contributed by atoms with E-state index in [9.17, 15) is 0 Å². The Morgan fingerprint density at radius 1 is 1.27 bits per heavy atom. The lowest BCUT2D eigenvalue weighted by molar-refractivity contribution is 0.108. The zero-order valence-corrected chi connectivity index (χ0v) is 8.02. The van der Waals surface area contributed by atoms with Crippen LogP contribution >= 0.6 is 0 Å². The van der Waals surface area contributed by atoms with Crippen molar-refractivity contribution in [2.75, 3.05) is 26.3 Å². The molecule has 1 atom stereocenters. The number of hydrogen-bond donors (Lipinski definition) is 1. The first-order valence-corrected chi connectivity index (χ1v) is 4.63. The van der Waals surface area contributed by atoms with E-state index in [0.717, 1.165) is 26.3 Å². The van der Waals surface area contributed by atoms with E-state index in [-0.39, 0.29) is 0 Å². The summed E-state index contributed by atoms with van der Waals surface area (Å²) in [5.74, 6) is 0.690. The molecule has 2 nitrogen and oxygen atoms in total. The molecule has 1 N–H and O–H groups in total. The summed E-state index contributed by atoms with van der Waals surface area (Å²) in [6.07, 6.45) is 1.20. The number of hydrogen-bond acceptors (Lipinski definition) is 2. The molecule has 0 aromatic carbocycles. The van der Waals surface area contributed by atoms with Crippen LogP contribution in [0.4, 0.5) is 0 Å². The fraction of sp³-hybridized carbons (Fsp3) is 1.00. The molecule has 0 radical (unpaired) electrons. The van der Waals surface area contributed by atoms with Crippen LogP contribution in [0.25, 0.3) is 0 Å². The Labute approximate surface area is 70.3 Å². The van der Waals surface area contributed by atoms with Crippen LogP contribution in [0.3, 0.4) is 0 Å². The second kappa shape index (κ2) is 8.02. The quantitative estimate of drug-likeness (QED) is 0.610. The van der Waals surface area contributed by atoms with Gasteiger partial charge in [0, 0.05) is 13.2 Å². The molecule has 0 spiro atoms. The fourth-order valence-electron chi connectivity index (χ4n) is 0.954. The molecule has 0 aliphatic carbocycles. The maximum atomic E-state index is 5.34. The Bertz CT molecular complexity index is 68.0. The van der Waals surface area contributed by atoms with Gasteiger partial charge in [-0.2, -0.15) is 0 Å². The Balaban J connectivity index is 3.25. The molecule has 0 aromatic heterocycles. The average molecular weight is 159 g/mol.